The van der Waals surface area contributed by atoms with Crippen molar-refractivity contribution in [1.29, 1.82) is 0 Å². The van der Waals surface area contributed by atoms with Crippen LogP contribution in [0.25, 0.3) is 0 Å². The molecule has 1 aromatic carbocycles. The van der Waals surface area contributed by atoms with Gasteiger partial charge in [-0.1, -0.05) is 29.8 Å². The second kappa shape index (κ2) is 6.16. The number of hydrogen-bond acceptors (Lipinski definition) is 4. The number of rotatable bonds is 4. The fourth-order valence-corrected chi connectivity index (χ4v) is 1.65. The number of nitrogens with one attached hydrogen (secondary N) is 2. The van der Waals surface area contributed by atoms with E-state index in [9.17, 15) is 9.90 Å². The van der Waals surface area contributed by atoms with Crippen molar-refractivity contribution in [3.05, 3.63) is 41.7 Å². The summed E-state index contributed by atoms with van der Waals surface area (Å²) >= 11 is 0. The van der Waals surface area contributed by atoms with Crippen LogP contribution in [0.4, 0.5) is 10.7 Å². The van der Waals surface area contributed by atoms with E-state index in [1.54, 1.807) is 7.05 Å². The number of urea groups is 1. The van der Waals surface area contributed by atoms with Crippen LogP contribution < -0.4 is 10.6 Å². The molecule has 7 heteroatoms. The molecule has 1 atom stereocenters. The van der Waals surface area contributed by atoms with Crippen molar-refractivity contribution in [3.8, 4) is 0 Å². The highest BCUT2D eigenvalue weighted by Gasteiger charge is 2.10. The molecule has 0 aliphatic carbocycles. The Bertz CT molecular complexity index is 579. The van der Waals surface area contributed by atoms with Crippen LogP contribution in [-0.4, -0.2) is 32.4 Å². The number of nitrogens with zero attached hydrogens (tertiary/aromatic N) is 3. The van der Waals surface area contributed by atoms with Gasteiger partial charge in [-0.3, -0.25) is 5.32 Å². The number of carbonyl (C=O) groups excluding carboxylic acids is 1. The zero-order valence-electron chi connectivity index (χ0n) is 11.4. The fraction of sp³-hybridized carbons (Fsp3) is 0.308. The first-order chi connectivity index (χ1) is 9.56. The van der Waals surface area contributed by atoms with Crippen molar-refractivity contribution >= 4 is 12.0 Å². The van der Waals surface area contributed by atoms with Crippen LogP contribution in [0, 0.1) is 6.92 Å². The Labute approximate surface area is 116 Å². The third-order valence-corrected chi connectivity index (χ3v) is 2.85. The molecule has 0 aliphatic heterocycles. The first-order valence-corrected chi connectivity index (χ1v) is 6.19. The van der Waals surface area contributed by atoms with E-state index in [0.29, 0.717) is 5.95 Å². The number of aliphatic hydroxyl groups excluding tert-OH is 1. The second-order valence-electron chi connectivity index (χ2n) is 4.47. The van der Waals surface area contributed by atoms with E-state index < -0.39 is 12.1 Å². The SMILES string of the molecule is Cc1ccc(C(O)CNC(=O)Nc2ncnn2C)cc1. The van der Waals surface area contributed by atoms with Crippen molar-refractivity contribution in [2.75, 3.05) is 11.9 Å². The number of amides is 2. The summed E-state index contributed by atoms with van der Waals surface area (Å²) in [5.41, 5.74) is 1.88. The second-order valence-corrected chi connectivity index (χ2v) is 4.47. The molecule has 106 valence electrons. The van der Waals surface area contributed by atoms with E-state index in [0.717, 1.165) is 11.1 Å². The largest absolute Gasteiger partial charge is 0.387 e. The van der Waals surface area contributed by atoms with Gasteiger partial charge in [0.2, 0.25) is 5.95 Å². The molecule has 0 saturated heterocycles. The molecule has 1 heterocycles. The normalized spacial score (nSPS) is 11.9. The summed E-state index contributed by atoms with van der Waals surface area (Å²) in [6.45, 7) is 2.09. The molecule has 20 heavy (non-hydrogen) atoms. The van der Waals surface area contributed by atoms with Crippen LogP contribution >= 0.6 is 0 Å². The lowest BCUT2D eigenvalue weighted by molar-refractivity contribution is 0.175. The molecule has 0 saturated carbocycles. The van der Waals surface area contributed by atoms with Crippen LogP contribution in [0.15, 0.2) is 30.6 Å². The van der Waals surface area contributed by atoms with Gasteiger partial charge in [-0.2, -0.15) is 10.1 Å². The summed E-state index contributed by atoms with van der Waals surface area (Å²) in [7, 11) is 1.67. The Balaban J connectivity index is 1.84. The van der Waals surface area contributed by atoms with Crippen LogP contribution in [0.3, 0.4) is 0 Å². The van der Waals surface area contributed by atoms with Gasteiger partial charge in [0.25, 0.3) is 0 Å². The van der Waals surface area contributed by atoms with E-state index >= 15 is 0 Å². The zero-order valence-corrected chi connectivity index (χ0v) is 11.4. The first-order valence-electron chi connectivity index (χ1n) is 6.19. The van der Waals surface area contributed by atoms with Crippen LogP contribution in [0.5, 0.6) is 0 Å². The minimum atomic E-state index is -0.749. The van der Waals surface area contributed by atoms with E-state index in [2.05, 4.69) is 20.7 Å². The summed E-state index contributed by atoms with van der Waals surface area (Å²) < 4.78 is 1.44. The van der Waals surface area contributed by atoms with Gasteiger partial charge in [0.05, 0.1) is 6.10 Å². The van der Waals surface area contributed by atoms with E-state index in [1.807, 2.05) is 31.2 Å². The number of carbonyl (C=O) groups is 1. The fourth-order valence-electron chi connectivity index (χ4n) is 1.65. The smallest absolute Gasteiger partial charge is 0.321 e. The Morgan fingerprint density at radius 2 is 2.10 bits per heavy atom. The molecular formula is C13H17N5O2. The lowest BCUT2D eigenvalue weighted by atomic mass is 10.1. The molecule has 7 nitrogen and oxygen atoms in total. The van der Waals surface area contributed by atoms with Gasteiger partial charge < -0.3 is 10.4 Å². The lowest BCUT2D eigenvalue weighted by Crippen LogP contribution is -2.33. The number of aromatic nitrogens is 3. The zero-order chi connectivity index (χ0) is 14.5. The summed E-state index contributed by atoms with van der Waals surface area (Å²) in [6, 6.07) is 7.06. The molecule has 2 amide bonds. The highest BCUT2D eigenvalue weighted by atomic mass is 16.3. The minimum Gasteiger partial charge on any atom is -0.387 e. The molecule has 0 spiro atoms. The van der Waals surface area contributed by atoms with E-state index in [-0.39, 0.29) is 6.54 Å². The Kier molecular flexibility index (Phi) is 4.31. The first kappa shape index (κ1) is 14.0. The van der Waals surface area contributed by atoms with Crippen LogP contribution in [0.1, 0.15) is 17.2 Å². The molecule has 1 unspecified atom stereocenters. The molecule has 1 aromatic heterocycles. The third-order valence-electron chi connectivity index (χ3n) is 2.85. The van der Waals surface area contributed by atoms with Crippen LogP contribution in [-0.2, 0) is 7.05 Å². The Hall–Kier alpha value is -2.41. The number of aliphatic hydroxyl groups is 1. The predicted octanol–water partition coefficient (Wildman–Crippen LogP) is 0.979. The van der Waals surface area contributed by atoms with Gasteiger partial charge in [0.1, 0.15) is 6.33 Å². The highest BCUT2D eigenvalue weighted by Crippen LogP contribution is 2.12. The quantitative estimate of drug-likeness (QED) is 0.775. The van der Waals surface area contributed by atoms with Gasteiger partial charge in [0.15, 0.2) is 0 Å². The number of aryl methyl sites for hydroxylation is 2. The van der Waals surface area contributed by atoms with Crippen molar-refractivity contribution in [2.45, 2.75) is 13.0 Å². The van der Waals surface area contributed by atoms with Gasteiger partial charge in [-0.05, 0) is 12.5 Å². The summed E-state index contributed by atoms with van der Waals surface area (Å²) in [4.78, 5) is 15.5. The van der Waals surface area contributed by atoms with E-state index in [4.69, 9.17) is 0 Å². The van der Waals surface area contributed by atoms with Gasteiger partial charge in [-0.15, -0.1) is 0 Å². The minimum absolute atomic E-state index is 0.118. The van der Waals surface area contributed by atoms with Crippen molar-refractivity contribution < 1.29 is 9.90 Å². The third kappa shape index (κ3) is 3.55. The lowest BCUT2D eigenvalue weighted by Gasteiger charge is -2.12. The summed E-state index contributed by atoms with van der Waals surface area (Å²) in [5.74, 6) is 0.340. The number of hydrogen-bond donors (Lipinski definition) is 3. The maximum atomic E-state index is 11.6. The molecule has 0 aliphatic rings. The molecule has 2 aromatic rings. The summed E-state index contributed by atoms with van der Waals surface area (Å²) in [5, 5.41) is 18.9. The van der Waals surface area contributed by atoms with Gasteiger partial charge in [0, 0.05) is 13.6 Å². The van der Waals surface area contributed by atoms with Gasteiger partial charge in [-0.25, -0.2) is 9.48 Å². The maximum absolute atomic E-state index is 11.6. The Morgan fingerprint density at radius 1 is 1.40 bits per heavy atom. The molecule has 3 N–H and O–H groups in total. The molecular weight excluding hydrogens is 258 g/mol. The topological polar surface area (TPSA) is 92.1 Å². The van der Waals surface area contributed by atoms with Crippen molar-refractivity contribution in [1.82, 2.24) is 20.1 Å². The average molecular weight is 275 g/mol. The van der Waals surface area contributed by atoms with E-state index in [1.165, 1.54) is 11.0 Å². The highest BCUT2D eigenvalue weighted by molar-refractivity contribution is 5.87. The average Bonchev–Trinajstić information content (AvgIpc) is 2.82. The molecule has 0 bridgehead atoms. The Morgan fingerprint density at radius 3 is 2.70 bits per heavy atom. The van der Waals surface area contributed by atoms with Crippen molar-refractivity contribution in [3.63, 3.8) is 0 Å². The van der Waals surface area contributed by atoms with Crippen molar-refractivity contribution in [2.24, 2.45) is 7.05 Å². The molecule has 0 radical (unpaired) electrons. The molecule has 0 fully saturated rings. The predicted molar refractivity (Wildman–Crippen MR) is 74.2 cm³/mol. The maximum Gasteiger partial charge on any atom is 0.321 e. The summed E-state index contributed by atoms with van der Waals surface area (Å²) in [6.07, 6.45) is 0.595. The monoisotopic (exact) mass is 275 g/mol. The standard InChI is InChI=1S/C13H17N5O2/c1-9-3-5-10(6-4-9)11(19)7-14-13(20)17-12-15-8-16-18(12)2/h3-6,8,11,19H,7H2,1-2H3,(H2,14,15,16,17,20). The molecule has 2 rings (SSSR count). The van der Waals surface area contributed by atoms with Gasteiger partial charge >= 0.3 is 6.03 Å². The van der Waals surface area contributed by atoms with Crippen LogP contribution in [0.2, 0.25) is 0 Å². The number of anilines is 1. The number of benzene rings is 1.